The van der Waals surface area contributed by atoms with E-state index in [1.54, 1.807) is 0 Å². The van der Waals surface area contributed by atoms with E-state index < -0.39 is 82.3 Å². The molecule has 19 heteroatoms. The van der Waals surface area contributed by atoms with Gasteiger partial charge in [0.2, 0.25) is 34.8 Å². The molecule has 278 valence electrons. The number of rotatable bonds is 26. The van der Waals surface area contributed by atoms with Gasteiger partial charge in [-0.05, 0) is 0 Å². The zero-order chi connectivity index (χ0) is 36.0. The standard InChI is InChI=1S/C29H43F5INO9S3/c1-29(2,6-8-36(20-35(36)3)7-4-21(37)38)44-13-18-48(40,41)19-17-47-16-12-43-10-9-42-11-15-46-14-5-22(39)45-28-26(33)24(31)23(30)25(32)27(28)34/h4-20H2,1-3H3. The predicted octanol–water partition coefficient (Wildman–Crippen LogP) is 3.76. The first kappa shape index (κ1) is 43.2. The normalized spacial score (nSPS) is 17.1. The zero-order valence-electron chi connectivity index (χ0n) is 27.1. The monoisotopic (exact) mass is 867 g/mol. The number of aliphatic carboxylic acids is 1. The van der Waals surface area contributed by atoms with Crippen LogP contribution in [-0.2, 0) is 33.6 Å². The van der Waals surface area contributed by atoms with E-state index >= 15 is 0 Å². The molecule has 0 amide bonds. The smallest absolute Gasteiger partial charge is 0.420 e. The first-order valence-corrected chi connectivity index (χ1v) is 23.8. The summed E-state index contributed by atoms with van der Waals surface area (Å²) in [7, 11) is -3.28. The summed E-state index contributed by atoms with van der Waals surface area (Å²) in [6.45, 7) is 6.77. The van der Waals surface area contributed by atoms with Crippen molar-refractivity contribution >= 4 is 65.4 Å². The Morgan fingerprint density at radius 2 is 1.35 bits per heavy atom. The third kappa shape index (κ3) is 15.5. The number of carboxylic acid groups (broad SMARTS) is 1. The number of hydrogen-bond donors (Lipinski definition) is 0. The Labute approximate surface area is 294 Å². The molecule has 0 bridgehead atoms. The topological polar surface area (TPSA) is 128 Å². The van der Waals surface area contributed by atoms with Crippen LogP contribution >= 0.6 is 43.6 Å². The molecule has 0 radical (unpaired) electrons. The minimum Gasteiger partial charge on any atom is -0.420 e. The molecule has 0 N–H and O–H groups in total. The van der Waals surface area contributed by atoms with Gasteiger partial charge in [-0.1, -0.05) is 0 Å². The molecule has 1 aromatic rings. The molecule has 1 fully saturated rings. The Bertz CT molecular complexity index is 1300. The molecule has 1 heterocycles. The van der Waals surface area contributed by atoms with E-state index in [0.29, 0.717) is 50.2 Å². The summed E-state index contributed by atoms with van der Waals surface area (Å²) < 4.78 is 114. The van der Waals surface area contributed by atoms with Crippen LogP contribution in [0.1, 0.15) is 33.1 Å². The van der Waals surface area contributed by atoms with E-state index in [2.05, 4.69) is 9.67 Å². The summed E-state index contributed by atoms with van der Waals surface area (Å²) in [4.78, 5) is 24.8. The molecule has 2 rings (SSSR count). The molecular formula is C29H43F5INO9S3. The van der Waals surface area contributed by atoms with E-state index in [9.17, 15) is 45.1 Å². The van der Waals surface area contributed by atoms with E-state index in [0.717, 1.165) is 20.2 Å². The Morgan fingerprint density at radius 1 is 0.812 bits per heavy atom. The molecule has 1 unspecified atom stereocenters. The van der Waals surface area contributed by atoms with Crippen molar-refractivity contribution in [1.82, 2.24) is 0 Å². The van der Waals surface area contributed by atoms with Crippen LogP contribution in [0, 0.1) is 29.1 Å². The maximum atomic E-state index is 13.6. The number of carboxylic acids is 1. The summed E-state index contributed by atoms with van der Waals surface area (Å²) in [5.74, 6) is -13.3. The molecule has 0 aromatic heterocycles. The average molecular weight is 868 g/mol. The van der Waals surface area contributed by atoms with Crippen molar-refractivity contribution in [2.24, 2.45) is 0 Å². The van der Waals surface area contributed by atoms with Crippen molar-refractivity contribution in [3.05, 3.63) is 29.1 Å². The fourth-order valence-electron chi connectivity index (χ4n) is 4.13. The number of benzene rings is 1. The number of ether oxygens (including phenoxy) is 4. The van der Waals surface area contributed by atoms with Gasteiger partial charge in [-0.3, -0.25) is 4.79 Å². The van der Waals surface area contributed by atoms with Gasteiger partial charge in [0, 0.05) is 11.5 Å². The van der Waals surface area contributed by atoms with Crippen LogP contribution in [0.3, 0.4) is 0 Å². The SMILES string of the molecule is CI1C[N+]1(CCC(=O)[O-])CCC(C)(C)OCCS(=O)(=O)CCSCCOCCOCCSCCC(=O)Oc1c(F)c(F)c(F)c(F)c1F. The van der Waals surface area contributed by atoms with Crippen LogP contribution < -0.4 is 9.84 Å². The van der Waals surface area contributed by atoms with E-state index in [4.69, 9.17) is 14.2 Å². The Kier molecular flexibility index (Phi) is 18.7. The van der Waals surface area contributed by atoms with Crippen molar-refractivity contribution in [3.63, 3.8) is 0 Å². The molecular weight excluding hydrogens is 824 g/mol. The first-order valence-electron chi connectivity index (χ1n) is 15.0. The van der Waals surface area contributed by atoms with Gasteiger partial charge in [0.15, 0.2) is 0 Å². The van der Waals surface area contributed by atoms with Crippen LogP contribution in [0.25, 0.3) is 0 Å². The predicted molar refractivity (Wildman–Crippen MR) is 181 cm³/mol. The molecule has 48 heavy (non-hydrogen) atoms. The third-order valence-electron chi connectivity index (χ3n) is 7.14. The van der Waals surface area contributed by atoms with Crippen LogP contribution in [0.15, 0.2) is 0 Å². The van der Waals surface area contributed by atoms with Gasteiger partial charge in [0.05, 0.1) is 32.8 Å². The number of esters is 1. The maximum absolute atomic E-state index is 13.6. The summed E-state index contributed by atoms with van der Waals surface area (Å²) in [6, 6.07) is 0. The van der Waals surface area contributed by atoms with Crippen LogP contribution in [0.2, 0.25) is 0 Å². The molecule has 1 aromatic carbocycles. The third-order valence-corrected chi connectivity index (χ3v) is 17.2. The molecule has 10 nitrogen and oxygen atoms in total. The number of alkyl halides is 2. The number of hydrogen-bond acceptors (Lipinski definition) is 11. The number of sulfone groups is 1. The summed E-state index contributed by atoms with van der Waals surface area (Å²) in [5, 5.41) is 10.9. The van der Waals surface area contributed by atoms with Gasteiger partial charge in [-0.15, -0.1) is 0 Å². The van der Waals surface area contributed by atoms with Gasteiger partial charge in [-0.2, -0.15) is 20.5 Å². The van der Waals surface area contributed by atoms with Gasteiger partial charge in [0.1, 0.15) is 0 Å². The molecule has 0 saturated carbocycles. The summed E-state index contributed by atoms with van der Waals surface area (Å²) in [5.41, 5.74) is -0.502. The van der Waals surface area contributed by atoms with Crippen LogP contribution in [-0.4, -0.2) is 119 Å². The summed E-state index contributed by atoms with van der Waals surface area (Å²) >= 11 is 1.58. The van der Waals surface area contributed by atoms with E-state index in [-0.39, 0.29) is 36.7 Å². The van der Waals surface area contributed by atoms with E-state index in [1.165, 1.54) is 23.5 Å². The molecule has 1 atom stereocenters. The van der Waals surface area contributed by atoms with Crippen LogP contribution in [0.5, 0.6) is 5.75 Å². The second-order valence-electron chi connectivity index (χ2n) is 11.4. The van der Waals surface area contributed by atoms with Gasteiger partial charge < -0.3 is 14.2 Å². The summed E-state index contributed by atoms with van der Waals surface area (Å²) in [6.07, 6.45) is 0.465. The Hall–Kier alpha value is -0.970. The van der Waals surface area contributed by atoms with Crippen LogP contribution in [0.4, 0.5) is 22.0 Å². The van der Waals surface area contributed by atoms with Gasteiger partial charge in [0.25, 0.3) is 0 Å². The number of halogens is 6. The molecule has 0 spiro atoms. The zero-order valence-corrected chi connectivity index (χ0v) is 31.7. The Morgan fingerprint density at radius 3 is 1.90 bits per heavy atom. The van der Waals surface area contributed by atoms with Crippen molar-refractivity contribution in [3.8, 4) is 5.75 Å². The average Bonchev–Trinajstić information content (AvgIpc) is 3.68. The number of quaternary nitrogens is 1. The molecule has 1 aliphatic rings. The van der Waals surface area contributed by atoms with E-state index in [1.807, 2.05) is 13.8 Å². The second kappa shape index (κ2) is 20.8. The fourth-order valence-corrected chi connectivity index (χ4v) is 13.5. The number of carbonyl (C=O) groups is 2. The minimum atomic E-state index is -3.28. The molecule has 0 aliphatic carbocycles. The van der Waals surface area contributed by atoms with Crippen molar-refractivity contribution in [2.45, 2.75) is 38.7 Å². The van der Waals surface area contributed by atoms with Crippen molar-refractivity contribution in [2.75, 3.05) is 90.1 Å². The quantitative estimate of drug-likeness (QED) is 0.0116. The van der Waals surface area contributed by atoms with Gasteiger partial charge >= 0.3 is 164 Å². The minimum absolute atomic E-state index is 0.0319. The molecule has 1 aliphatic heterocycles. The van der Waals surface area contributed by atoms with Crippen molar-refractivity contribution < 1.29 is 66.7 Å². The number of nitrogens with zero attached hydrogens (tertiary/aromatic N) is 1. The number of carbonyl (C=O) groups excluding carboxylic acids is 2. The number of thioether (sulfide) groups is 2. The Balaban J connectivity index is 1.43. The van der Waals surface area contributed by atoms with Gasteiger partial charge in [-0.25, -0.2) is 13.2 Å². The first-order chi connectivity index (χ1) is 22.5. The molecule has 1 saturated heterocycles. The second-order valence-corrected chi connectivity index (χ2v) is 22.0. The fraction of sp³-hybridized carbons (Fsp3) is 0.724. The van der Waals surface area contributed by atoms with Crippen molar-refractivity contribution in [1.29, 1.82) is 0 Å².